The zero-order chi connectivity index (χ0) is 8.39. The van der Waals surface area contributed by atoms with Crippen LogP contribution in [-0.2, 0) is 6.61 Å². The highest BCUT2D eigenvalue weighted by Gasteiger charge is 2.01. The molecule has 0 aliphatic rings. The smallest absolute Gasteiger partial charge is 0.0774 e. The fourth-order valence-corrected chi connectivity index (χ4v) is 2.57. The monoisotopic (exact) mass is 196 g/mol. The van der Waals surface area contributed by atoms with Gasteiger partial charge in [-0.15, -0.1) is 22.7 Å². The Morgan fingerprint density at radius 2 is 2.25 bits per heavy atom. The molecular weight excluding hydrogens is 188 g/mol. The molecule has 1 N–H and O–H groups in total. The Morgan fingerprint density at radius 3 is 2.83 bits per heavy atom. The van der Waals surface area contributed by atoms with Crippen molar-refractivity contribution in [2.45, 2.75) is 6.61 Å². The molecule has 0 unspecified atom stereocenters. The van der Waals surface area contributed by atoms with Crippen LogP contribution in [0.3, 0.4) is 0 Å². The lowest BCUT2D eigenvalue weighted by Crippen LogP contribution is -1.71. The van der Waals surface area contributed by atoms with E-state index in [2.05, 4.69) is 16.8 Å². The molecule has 0 spiro atoms. The van der Waals surface area contributed by atoms with E-state index in [9.17, 15) is 0 Å². The number of hydrogen-bond acceptors (Lipinski definition) is 3. The van der Waals surface area contributed by atoms with Gasteiger partial charge >= 0.3 is 0 Å². The summed E-state index contributed by atoms with van der Waals surface area (Å²) in [5.74, 6) is 0. The number of rotatable bonds is 2. The molecule has 3 heteroatoms. The van der Waals surface area contributed by atoms with Gasteiger partial charge in [-0.3, -0.25) is 0 Å². The van der Waals surface area contributed by atoms with Gasteiger partial charge in [0.25, 0.3) is 0 Å². The molecule has 0 bridgehead atoms. The highest BCUT2D eigenvalue weighted by Crippen LogP contribution is 2.28. The Hall–Kier alpha value is -0.640. The summed E-state index contributed by atoms with van der Waals surface area (Å²) in [6.45, 7) is 0.149. The Morgan fingerprint density at radius 1 is 1.33 bits per heavy atom. The summed E-state index contributed by atoms with van der Waals surface area (Å²) in [7, 11) is 0. The Labute approximate surface area is 78.9 Å². The molecule has 62 valence electrons. The largest absolute Gasteiger partial charge is 0.391 e. The minimum absolute atomic E-state index is 0.149. The minimum Gasteiger partial charge on any atom is -0.391 e. The topological polar surface area (TPSA) is 20.2 Å². The fourth-order valence-electron chi connectivity index (χ4n) is 1.04. The molecule has 0 atom stereocenters. The van der Waals surface area contributed by atoms with Crippen LogP contribution in [0.15, 0.2) is 29.0 Å². The average Bonchev–Trinajstić information content (AvgIpc) is 2.75. The molecule has 12 heavy (non-hydrogen) atoms. The standard InChI is InChI=1S/C9H8OS2/c10-5-8-4-7(6-12-8)9-2-1-3-11-9/h1-4,6,10H,5H2. The van der Waals surface area contributed by atoms with Gasteiger partial charge in [-0.25, -0.2) is 0 Å². The van der Waals surface area contributed by atoms with Crippen molar-refractivity contribution in [1.82, 2.24) is 0 Å². The van der Waals surface area contributed by atoms with Crippen LogP contribution in [0.5, 0.6) is 0 Å². The zero-order valence-corrected chi connectivity index (χ0v) is 7.99. The molecule has 0 saturated carbocycles. The predicted octanol–water partition coefficient (Wildman–Crippen LogP) is 2.97. The third-order valence-electron chi connectivity index (χ3n) is 1.62. The van der Waals surface area contributed by atoms with Crippen molar-refractivity contribution < 1.29 is 5.11 Å². The first-order valence-electron chi connectivity index (χ1n) is 3.62. The quantitative estimate of drug-likeness (QED) is 0.783. The summed E-state index contributed by atoms with van der Waals surface area (Å²) < 4.78 is 0. The molecule has 0 saturated heterocycles. The van der Waals surface area contributed by atoms with E-state index in [0.717, 1.165) is 4.88 Å². The van der Waals surface area contributed by atoms with Crippen LogP contribution in [0.2, 0.25) is 0 Å². The summed E-state index contributed by atoms with van der Waals surface area (Å²) in [5, 5.41) is 13.0. The Kier molecular flexibility index (Phi) is 2.26. The van der Waals surface area contributed by atoms with E-state index in [4.69, 9.17) is 5.11 Å². The fraction of sp³-hybridized carbons (Fsp3) is 0.111. The maximum atomic E-state index is 8.86. The third kappa shape index (κ3) is 1.43. The maximum Gasteiger partial charge on any atom is 0.0774 e. The van der Waals surface area contributed by atoms with Gasteiger partial charge < -0.3 is 5.11 Å². The predicted molar refractivity (Wildman–Crippen MR) is 53.6 cm³/mol. The molecule has 0 aromatic carbocycles. The van der Waals surface area contributed by atoms with Crippen molar-refractivity contribution in [3.8, 4) is 10.4 Å². The van der Waals surface area contributed by atoms with Crippen molar-refractivity contribution in [2.75, 3.05) is 0 Å². The first-order chi connectivity index (χ1) is 5.90. The first kappa shape index (κ1) is 7.98. The summed E-state index contributed by atoms with van der Waals surface area (Å²) >= 11 is 3.33. The molecule has 0 aliphatic heterocycles. The molecule has 2 aromatic rings. The van der Waals surface area contributed by atoms with Gasteiger partial charge in [0.2, 0.25) is 0 Å². The van der Waals surface area contributed by atoms with E-state index in [1.165, 1.54) is 10.4 Å². The lowest BCUT2D eigenvalue weighted by molar-refractivity contribution is 0.285. The summed E-state index contributed by atoms with van der Waals surface area (Å²) in [6, 6.07) is 6.17. The zero-order valence-electron chi connectivity index (χ0n) is 6.36. The van der Waals surface area contributed by atoms with Crippen molar-refractivity contribution in [3.05, 3.63) is 33.8 Å². The third-order valence-corrected chi connectivity index (χ3v) is 3.46. The van der Waals surface area contributed by atoms with Crippen molar-refractivity contribution >= 4 is 22.7 Å². The van der Waals surface area contributed by atoms with Gasteiger partial charge in [0, 0.05) is 15.3 Å². The molecule has 2 aromatic heterocycles. The average molecular weight is 196 g/mol. The highest BCUT2D eigenvalue weighted by molar-refractivity contribution is 7.14. The lowest BCUT2D eigenvalue weighted by Gasteiger charge is -1.87. The van der Waals surface area contributed by atoms with Crippen LogP contribution < -0.4 is 0 Å². The number of thiophene rings is 2. The van der Waals surface area contributed by atoms with Gasteiger partial charge in [-0.05, 0) is 22.9 Å². The molecule has 2 heterocycles. The van der Waals surface area contributed by atoms with Crippen LogP contribution in [0.1, 0.15) is 4.88 Å². The second-order valence-corrected chi connectivity index (χ2v) is 4.38. The Bertz CT molecular complexity index is 348. The van der Waals surface area contributed by atoms with E-state index in [-0.39, 0.29) is 6.61 Å². The molecule has 2 rings (SSSR count). The van der Waals surface area contributed by atoms with Gasteiger partial charge in [0.1, 0.15) is 0 Å². The lowest BCUT2D eigenvalue weighted by atomic mass is 10.2. The molecule has 0 aliphatic carbocycles. The normalized spacial score (nSPS) is 10.4. The van der Waals surface area contributed by atoms with E-state index >= 15 is 0 Å². The summed E-state index contributed by atoms with van der Waals surface area (Å²) in [6.07, 6.45) is 0. The molecule has 0 amide bonds. The van der Waals surface area contributed by atoms with E-state index in [1.807, 2.05) is 12.1 Å². The number of aliphatic hydroxyl groups is 1. The Balaban J connectivity index is 2.35. The van der Waals surface area contributed by atoms with E-state index in [1.54, 1.807) is 22.7 Å². The number of aliphatic hydroxyl groups excluding tert-OH is 1. The van der Waals surface area contributed by atoms with Crippen molar-refractivity contribution in [2.24, 2.45) is 0 Å². The highest BCUT2D eigenvalue weighted by atomic mass is 32.1. The first-order valence-corrected chi connectivity index (χ1v) is 5.38. The maximum absolute atomic E-state index is 8.86. The minimum atomic E-state index is 0.149. The van der Waals surface area contributed by atoms with Crippen LogP contribution in [0, 0.1) is 0 Å². The number of hydrogen-bond donors (Lipinski definition) is 1. The van der Waals surface area contributed by atoms with Gasteiger partial charge in [0.15, 0.2) is 0 Å². The SMILES string of the molecule is OCc1cc(-c2cccs2)cs1. The van der Waals surface area contributed by atoms with Crippen LogP contribution in [-0.4, -0.2) is 5.11 Å². The van der Waals surface area contributed by atoms with Crippen LogP contribution >= 0.6 is 22.7 Å². The van der Waals surface area contributed by atoms with Crippen molar-refractivity contribution in [3.63, 3.8) is 0 Å². The van der Waals surface area contributed by atoms with E-state index in [0.29, 0.717) is 0 Å². The summed E-state index contributed by atoms with van der Waals surface area (Å²) in [5.41, 5.74) is 1.22. The second-order valence-electron chi connectivity index (χ2n) is 2.44. The van der Waals surface area contributed by atoms with Crippen molar-refractivity contribution in [1.29, 1.82) is 0 Å². The molecular formula is C9H8OS2. The van der Waals surface area contributed by atoms with Gasteiger partial charge in [0.05, 0.1) is 6.61 Å². The summed E-state index contributed by atoms with van der Waals surface area (Å²) in [4.78, 5) is 2.30. The van der Waals surface area contributed by atoms with Gasteiger partial charge in [-0.1, -0.05) is 6.07 Å². The molecule has 0 radical (unpaired) electrons. The van der Waals surface area contributed by atoms with E-state index < -0.39 is 0 Å². The van der Waals surface area contributed by atoms with Crippen LogP contribution in [0.4, 0.5) is 0 Å². The molecule has 1 nitrogen and oxygen atoms in total. The van der Waals surface area contributed by atoms with Crippen LogP contribution in [0.25, 0.3) is 10.4 Å². The second kappa shape index (κ2) is 3.39. The molecule has 0 fully saturated rings. The van der Waals surface area contributed by atoms with Gasteiger partial charge in [-0.2, -0.15) is 0 Å².